The zero-order valence-electron chi connectivity index (χ0n) is 17.5. The van der Waals surface area contributed by atoms with Crippen molar-refractivity contribution in [2.75, 3.05) is 25.5 Å². The van der Waals surface area contributed by atoms with Crippen molar-refractivity contribution < 1.29 is 32.6 Å². The first-order valence-corrected chi connectivity index (χ1v) is 10.1. The largest absolute Gasteiger partial charge is 0.493 e. The quantitative estimate of drug-likeness (QED) is 0.640. The van der Waals surface area contributed by atoms with E-state index in [4.69, 9.17) is 9.84 Å². The second-order valence-electron chi connectivity index (χ2n) is 7.60. The fraction of sp³-hybridized carbons (Fsp3) is 0.409. The molecule has 0 aliphatic carbocycles. The van der Waals surface area contributed by atoms with Crippen LogP contribution in [0, 0.1) is 5.92 Å². The molecule has 172 valence electrons. The van der Waals surface area contributed by atoms with Gasteiger partial charge in [-0.2, -0.15) is 13.2 Å². The van der Waals surface area contributed by atoms with Crippen molar-refractivity contribution >= 4 is 17.7 Å². The van der Waals surface area contributed by atoms with Gasteiger partial charge >= 0.3 is 12.1 Å². The summed E-state index contributed by atoms with van der Waals surface area (Å²) in [7, 11) is 1.77. The van der Waals surface area contributed by atoms with Crippen molar-refractivity contribution in [1.29, 1.82) is 0 Å². The van der Waals surface area contributed by atoms with Crippen LogP contribution >= 0.6 is 0 Å². The molecule has 0 saturated heterocycles. The lowest BCUT2D eigenvalue weighted by molar-refractivity contribution is -0.165. The van der Waals surface area contributed by atoms with Gasteiger partial charge in [-0.15, -0.1) is 0 Å². The van der Waals surface area contributed by atoms with Gasteiger partial charge in [-0.05, 0) is 41.8 Å². The summed E-state index contributed by atoms with van der Waals surface area (Å²) in [6.45, 7) is -1.38. The number of pyridine rings is 1. The molecule has 1 amide bonds. The van der Waals surface area contributed by atoms with E-state index < -0.39 is 36.9 Å². The van der Waals surface area contributed by atoms with Gasteiger partial charge in [0.05, 0.1) is 18.9 Å². The second kappa shape index (κ2) is 9.88. The van der Waals surface area contributed by atoms with E-state index >= 15 is 0 Å². The molecule has 2 heterocycles. The number of ether oxygens (including phenoxy) is 1. The van der Waals surface area contributed by atoms with Crippen LogP contribution in [0.15, 0.2) is 36.4 Å². The van der Waals surface area contributed by atoms with Gasteiger partial charge in [0.25, 0.3) is 0 Å². The highest BCUT2D eigenvalue weighted by Crippen LogP contribution is 2.30. The molecule has 0 bridgehead atoms. The average Bonchev–Trinajstić information content (AvgIpc) is 2.83. The average molecular weight is 451 g/mol. The number of aliphatic carboxylic acids is 1. The van der Waals surface area contributed by atoms with E-state index in [9.17, 15) is 22.8 Å². The first-order chi connectivity index (χ1) is 15.1. The highest BCUT2D eigenvalue weighted by Gasteiger charge is 2.38. The van der Waals surface area contributed by atoms with E-state index in [1.54, 1.807) is 25.2 Å². The summed E-state index contributed by atoms with van der Waals surface area (Å²) < 4.78 is 44.8. The van der Waals surface area contributed by atoms with E-state index in [0.29, 0.717) is 34.8 Å². The number of alkyl halides is 3. The Labute approximate surface area is 183 Å². The summed E-state index contributed by atoms with van der Waals surface area (Å²) in [6.07, 6.45) is -4.51. The number of anilines is 1. The molecule has 10 heteroatoms. The molecular formula is C22H24F3N3O4. The third kappa shape index (κ3) is 6.35. The summed E-state index contributed by atoms with van der Waals surface area (Å²) in [5, 5.41) is 12.0. The predicted molar refractivity (Wildman–Crippen MR) is 110 cm³/mol. The van der Waals surface area contributed by atoms with Gasteiger partial charge in [-0.25, -0.2) is 4.98 Å². The van der Waals surface area contributed by atoms with E-state index in [-0.39, 0.29) is 13.0 Å². The van der Waals surface area contributed by atoms with E-state index in [2.05, 4.69) is 10.3 Å². The van der Waals surface area contributed by atoms with E-state index in [0.717, 1.165) is 11.5 Å². The number of benzene rings is 1. The number of hydrogen-bond donors (Lipinski definition) is 2. The summed E-state index contributed by atoms with van der Waals surface area (Å²) >= 11 is 0. The van der Waals surface area contributed by atoms with Crippen molar-refractivity contribution in [3.8, 4) is 5.75 Å². The van der Waals surface area contributed by atoms with Crippen LogP contribution in [0.4, 0.5) is 19.0 Å². The number of carbonyl (C=O) groups is 2. The van der Waals surface area contributed by atoms with Gasteiger partial charge in [0, 0.05) is 25.7 Å². The zero-order valence-corrected chi connectivity index (χ0v) is 17.5. The molecule has 3 rings (SSSR count). The minimum Gasteiger partial charge on any atom is -0.493 e. The molecule has 1 aliphatic heterocycles. The van der Waals surface area contributed by atoms with Crippen molar-refractivity contribution in [2.45, 2.75) is 32.0 Å². The molecular weight excluding hydrogens is 427 g/mol. The number of nitrogens with one attached hydrogen (secondary N) is 1. The molecule has 1 aromatic carbocycles. The molecule has 1 aliphatic rings. The lowest BCUT2D eigenvalue weighted by Crippen LogP contribution is -2.41. The fourth-order valence-electron chi connectivity index (χ4n) is 3.68. The molecule has 7 nitrogen and oxygen atoms in total. The fourth-order valence-corrected chi connectivity index (χ4v) is 3.68. The van der Waals surface area contributed by atoms with E-state index in [1.807, 2.05) is 18.2 Å². The maximum atomic E-state index is 13.0. The van der Waals surface area contributed by atoms with Gasteiger partial charge < -0.3 is 20.1 Å². The van der Waals surface area contributed by atoms with Gasteiger partial charge in [0.15, 0.2) is 0 Å². The topological polar surface area (TPSA) is 91.8 Å². The van der Waals surface area contributed by atoms with Gasteiger partial charge in [0.1, 0.15) is 18.1 Å². The van der Waals surface area contributed by atoms with Crippen LogP contribution in [0.25, 0.3) is 0 Å². The van der Waals surface area contributed by atoms with Crippen LogP contribution in [0.5, 0.6) is 5.75 Å². The number of carboxylic acid groups (broad SMARTS) is 1. The lowest BCUT2D eigenvalue weighted by atomic mass is 9.94. The Kier molecular flexibility index (Phi) is 7.22. The third-order valence-electron chi connectivity index (χ3n) is 5.15. The summed E-state index contributed by atoms with van der Waals surface area (Å²) in [6, 6.07) is 10.6. The molecule has 0 unspecified atom stereocenters. The number of nitrogens with zero attached hydrogens (tertiary/aromatic N) is 2. The van der Waals surface area contributed by atoms with Crippen LogP contribution in [0.3, 0.4) is 0 Å². The monoisotopic (exact) mass is 451 g/mol. The zero-order chi connectivity index (χ0) is 23.3. The van der Waals surface area contributed by atoms with Crippen molar-refractivity contribution in [3.05, 3.63) is 53.2 Å². The number of carbonyl (C=O) groups excluding carboxylic acids is 1. The van der Waals surface area contributed by atoms with Crippen LogP contribution in [-0.4, -0.2) is 53.2 Å². The maximum absolute atomic E-state index is 13.0. The molecule has 0 fully saturated rings. The molecule has 0 radical (unpaired) electrons. The second-order valence-corrected chi connectivity index (χ2v) is 7.60. The number of aromatic nitrogens is 1. The minimum atomic E-state index is -4.59. The smallest absolute Gasteiger partial charge is 0.406 e. The van der Waals surface area contributed by atoms with Crippen molar-refractivity contribution in [3.63, 3.8) is 0 Å². The Hall–Kier alpha value is -3.30. The molecule has 32 heavy (non-hydrogen) atoms. The highest BCUT2D eigenvalue weighted by atomic mass is 19.4. The first-order valence-electron chi connectivity index (χ1n) is 10.1. The first kappa shape index (κ1) is 23.4. The standard InChI is InChI=1S/C22H24F3N3O4/c1-26-19-4-2-3-17(27-19)7-8-32-18-6-5-14-9-15(11-20(29)30)21(31)28(12-16(14)10-18)13-22(23,24)25/h2-6,10,15H,7-9,11-13H2,1H3,(H,26,27)(H,29,30)/t15-/m0/s1. The molecule has 2 aromatic rings. The number of amides is 1. The Morgan fingerprint density at radius 2 is 2.06 bits per heavy atom. The van der Waals surface area contributed by atoms with Crippen molar-refractivity contribution in [2.24, 2.45) is 5.92 Å². The van der Waals surface area contributed by atoms with E-state index in [1.165, 1.54) is 0 Å². The number of halogens is 3. The Bertz CT molecular complexity index is 981. The summed E-state index contributed by atoms with van der Waals surface area (Å²) in [4.78, 5) is 28.8. The predicted octanol–water partition coefficient (Wildman–Crippen LogP) is 3.28. The lowest BCUT2D eigenvalue weighted by Gasteiger charge is -2.25. The maximum Gasteiger partial charge on any atom is 0.406 e. The van der Waals surface area contributed by atoms with Crippen LogP contribution in [0.1, 0.15) is 23.2 Å². The Morgan fingerprint density at radius 1 is 1.28 bits per heavy atom. The number of carboxylic acids is 1. The molecule has 0 spiro atoms. The third-order valence-corrected chi connectivity index (χ3v) is 5.15. The SMILES string of the molecule is CNc1cccc(CCOc2ccc3c(c2)CN(CC(F)(F)F)C(=O)[C@H](CC(=O)O)C3)n1. The Morgan fingerprint density at radius 3 is 2.75 bits per heavy atom. The number of rotatable bonds is 8. The van der Waals surface area contributed by atoms with Gasteiger partial charge in [0.2, 0.25) is 5.91 Å². The number of hydrogen-bond acceptors (Lipinski definition) is 5. The van der Waals surface area contributed by atoms with Crippen LogP contribution in [-0.2, 0) is 29.0 Å². The van der Waals surface area contributed by atoms with Crippen molar-refractivity contribution in [1.82, 2.24) is 9.88 Å². The summed E-state index contributed by atoms with van der Waals surface area (Å²) in [5.41, 5.74) is 1.98. The normalized spacial score (nSPS) is 16.3. The Balaban J connectivity index is 1.75. The number of fused-ring (bicyclic) bond motifs is 1. The van der Waals surface area contributed by atoms with Crippen LogP contribution in [0.2, 0.25) is 0 Å². The minimum absolute atomic E-state index is 0.0653. The van der Waals surface area contributed by atoms with Gasteiger partial charge in [-0.3, -0.25) is 9.59 Å². The molecule has 2 N–H and O–H groups in total. The molecule has 1 aromatic heterocycles. The highest BCUT2D eigenvalue weighted by molar-refractivity contribution is 5.84. The molecule has 0 saturated carbocycles. The molecule has 1 atom stereocenters. The van der Waals surface area contributed by atoms with Crippen LogP contribution < -0.4 is 10.1 Å². The van der Waals surface area contributed by atoms with Gasteiger partial charge in [-0.1, -0.05) is 12.1 Å². The summed E-state index contributed by atoms with van der Waals surface area (Å²) in [5.74, 6) is -1.88.